The molecule has 1 fully saturated rings. The van der Waals surface area contributed by atoms with Crippen molar-refractivity contribution in [3.8, 4) is 0 Å². The Bertz CT molecular complexity index is 473. The summed E-state index contributed by atoms with van der Waals surface area (Å²) in [6.07, 6.45) is 3.36. The highest BCUT2D eigenvalue weighted by Crippen LogP contribution is 2.36. The first kappa shape index (κ1) is 14.6. The Labute approximate surface area is 115 Å². The molecule has 2 N–H and O–H groups in total. The predicted molar refractivity (Wildman–Crippen MR) is 73.1 cm³/mol. The van der Waals surface area contributed by atoms with E-state index in [-0.39, 0.29) is 6.54 Å². The van der Waals surface area contributed by atoms with Crippen molar-refractivity contribution in [1.82, 2.24) is 9.71 Å². The Hall–Kier alpha value is -0.795. The minimum atomic E-state index is -2.07. The number of nitrogens with zero attached hydrogens (tertiary/aromatic N) is 1. The summed E-state index contributed by atoms with van der Waals surface area (Å²) in [6, 6.07) is 3.68. The second kappa shape index (κ2) is 5.30. The van der Waals surface area contributed by atoms with Crippen molar-refractivity contribution in [3.05, 3.63) is 24.5 Å². The van der Waals surface area contributed by atoms with E-state index < -0.39 is 29.6 Å². The molecule has 2 heterocycles. The van der Waals surface area contributed by atoms with Gasteiger partial charge in [0.15, 0.2) is 0 Å². The molecule has 0 saturated carbocycles. The Kier molecular flexibility index (Phi) is 4.07. The molecule has 2 rings (SSSR count). The van der Waals surface area contributed by atoms with Crippen molar-refractivity contribution in [2.24, 2.45) is 0 Å². The molecule has 0 radical (unpaired) electrons. The summed E-state index contributed by atoms with van der Waals surface area (Å²) < 4.78 is 33.9. The van der Waals surface area contributed by atoms with Crippen LogP contribution in [0.2, 0.25) is 0 Å². The van der Waals surface area contributed by atoms with E-state index in [1.165, 1.54) is 0 Å². The zero-order valence-corrected chi connectivity index (χ0v) is 11.9. The van der Waals surface area contributed by atoms with Gasteiger partial charge < -0.3 is 9.31 Å². The minimum Gasteiger partial charge on any atom is -0.399 e. The largest absolute Gasteiger partial charge is 0.496 e. The van der Waals surface area contributed by atoms with Gasteiger partial charge in [0.05, 0.1) is 11.2 Å². The van der Waals surface area contributed by atoms with Crippen molar-refractivity contribution in [2.75, 3.05) is 6.54 Å². The molecule has 8 heteroatoms. The van der Waals surface area contributed by atoms with Crippen LogP contribution in [0.5, 0.6) is 0 Å². The molecule has 1 aliphatic heterocycles. The van der Waals surface area contributed by atoms with Gasteiger partial charge in [-0.2, -0.15) is 0 Å². The van der Waals surface area contributed by atoms with Gasteiger partial charge in [0, 0.05) is 24.4 Å². The van der Waals surface area contributed by atoms with Crippen molar-refractivity contribution in [3.63, 3.8) is 0 Å². The molecule has 0 aliphatic carbocycles. The van der Waals surface area contributed by atoms with E-state index in [4.69, 9.17) is 13.9 Å². The fourth-order valence-corrected chi connectivity index (χ4v) is 2.30. The van der Waals surface area contributed by atoms with E-state index in [1.54, 1.807) is 12.4 Å². The van der Waals surface area contributed by atoms with Gasteiger partial charge in [-0.1, -0.05) is 6.07 Å². The summed E-state index contributed by atoms with van der Waals surface area (Å²) >= 11 is -2.07. The lowest BCUT2D eigenvalue weighted by atomic mass is 9.80. The second-order valence-corrected chi connectivity index (χ2v) is 5.95. The van der Waals surface area contributed by atoms with Crippen LogP contribution in [0.4, 0.5) is 0 Å². The third-order valence-corrected chi connectivity index (χ3v) is 3.92. The average Bonchev–Trinajstić information content (AvgIpc) is 2.60. The first-order chi connectivity index (χ1) is 8.84. The standard InChI is InChI=1S/C11H17BN2O4S/c1-10(2)11(3,8-14-19(15)16)18-12(17-10)9-5-4-6-13-7-9/h4-7,14H,8H2,1-3H3,(H,15,16). The van der Waals surface area contributed by atoms with Crippen molar-refractivity contribution >= 4 is 23.8 Å². The quantitative estimate of drug-likeness (QED) is 0.605. The molecule has 1 aromatic rings. The Balaban J connectivity index is 2.16. The van der Waals surface area contributed by atoms with Crippen LogP contribution in [0.15, 0.2) is 24.5 Å². The van der Waals surface area contributed by atoms with Crippen LogP contribution in [-0.4, -0.2) is 38.6 Å². The maximum absolute atomic E-state index is 10.8. The number of rotatable bonds is 4. The zero-order chi connectivity index (χ0) is 14.1. The summed E-state index contributed by atoms with van der Waals surface area (Å²) in [5, 5.41) is 0. The minimum absolute atomic E-state index is 0.208. The molecule has 2 unspecified atom stereocenters. The number of pyridine rings is 1. The third kappa shape index (κ3) is 3.03. The number of aromatic nitrogens is 1. The molecule has 0 bridgehead atoms. The SMILES string of the molecule is CC1(C)OB(c2cccnc2)OC1(C)CNS(=O)O. The molecule has 19 heavy (non-hydrogen) atoms. The monoisotopic (exact) mass is 284 g/mol. The Morgan fingerprint density at radius 1 is 1.47 bits per heavy atom. The Morgan fingerprint density at radius 2 is 2.21 bits per heavy atom. The van der Waals surface area contributed by atoms with Crippen LogP contribution in [0.25, 0.3) is 0 Å². The van der Waals surface area contributed by atoms with E-state index in [2.05, 4.69) is 9.71 Å². The van der Waals surface area contributed by atoms with Crippen molar-refractivity contribution < 1.29 is 18.1 Å². The fourth-order valence-electron chi connectivity index (χ4n) is 1.90. The molecule has 0 amide bonds. The van der Waals surface area contributed by atoms with E-state index in [1.807, 2.05) is 32.9 Å². The normalized spacial score (nSPS) is 27.5. The molecule has 2 atom stereocenters. The number of hydrogen-bond donors (Lipinski definition) is 2. The van der Waals surface area contributed by atoms with Gasteiger partial charge in [0.25, 0.3) is 0 Å². The lowest BCUT2D eigenvalue weighted by Gasteiger charge is -2.35. The molecule has 1 aliphatic rings. The second-order valence-electron chi connectivity index (χ2n) is 5.17. The van der Waals surface area contributed by atoms with Gasteiger partial charge in [-0.15, -0.1) is 0 Å². The average molecular weight is 284 g/mol. The van der Waals surface area contributed by atoms with Crippen LogP contribution < -0.4 is 10.2 Å². The van der Waals surface area contributed by atoms with E-state index in [9.17, 15) is 4.21 Å². The van der Waals surface area contributed by atoms with Gasteiger partial charge in [0.1, 0.15) is 0 Å². The molecule has 0 spiro atoms. The molecule has 0 aromatic carbocycles. The summed E-state index contributed by atoms with van der Waals surface area (Å²) in [7, 11) is -0.525. The molecular weight excluding hydrogens is 267 g/mol. The van der Waals surface area contributed by atoms with E-state index >= 15 is 0 Å². The zero-order valence-electron chi connectivity index (χ0n) is 11.1. The third-order valence-electron chi connectivity index (χ3n) is 3.53. The van der Waals surface area contributed by atoms with Gasteiger partial charge in [-0.25, -0.2) is 8.93 Å². The van der Waals surface area contributed by atoms with Crippen LogP contribution >= 0.6 is 0 Å². The van der Waals surface area contributed by atoms with E-state index in [0.29, 0.717) is 0 Å². The summed E-state index contributed by atoms with van der Waals surface area (Å²) in [6.45, 7) is 5.85. The first-order valence-electron chi connectivity index (χ1n) is 5.94. The lowest BCUT2D eigenvalue weighted by Crippen LogP contribution is -2.52. The molecule has 6 nitrogen and oxygen atoms in total. The smallest absolute Gasteiger partial charge is 0.399 e. The predicted octanol–water partition coefficient (Wildman–Crippen LogP) is 0.0872. The fraction of sp³-hybridized carbons (Fsp3) is 0.545. The first-order valence-corrected chi connectivity index (χ1v) is 7.05. The van der Waals surface area contributed by atoms with Crippen LogP contribution in [0.1, 0.15) is 20.8 Å². The van der Waals surface area contributed by atoms with Gasteiger partial charge in [-0.05, 0) is 26.8 Å². The highest BCUT2D eigenvalue weighted by Gasteiger charge is 2.54. The van der Waals surface area contributed by atoms with Crippen LogP contribution in [-0.2, 0) is 20.6 Å². The summed E-state index contributed by atoms with van der Waals surface area (Å²) in [4.78, 5) is 4.03. The van der Waals surface area contributed by atoms with Gasteiger partial charge >= 0.3 is 7.12 Å². The van der Waals surface area contributed by atoms with Crippen molar-refractivity contribution in [2.45, 2.75) is 32.0 Å². The summed E-state index contributed by atoms with van der Waals surface area (Å²) in [5.74, 6) is 0. The maximum atomic E-state index is 10.8. The molecule has 1 saturated heterocycles. The van der Waals surface area contributed by atoms with Crippen LogP contribution in [0, 0.1) is 0 Å². The van der Waals surface area contributed by atoms with Crippen molar-refractivity contribution in [1.29, 1.82) is 0 Å². The van der Waals surface area contributed by atoms with E-state index in [0.717, 1.165) is 5.46 Å². The van der Waals surface area contributed by atoms with Crippen LogP contribution in [0.3, 0.4) is 0 Å². The summed E-state index contributed by atoms with van der Waals surface area (Å²) in [5.41, 5.74) is -0.490. The Morgan fingerprint density at radius 3 is 2.79 bits per heavy atom. The lowest BCUT2D eigenvalue weighted by molar-refractivity contribution is -0.00452. The van der Waals surface area contributed by atoms with Gasteiger partial charge in [0.2, 0.25) is 11.3 Å². The highest BCUT2D eigenvalue weighted by molar-refractivity contribution is 7.77. The number of hydrogen-bond acceptors (Lipinski definition) is 4. The molecule has 1 aromatic heterocycles. The highest BCUT2D eigenvalue weighted by atomic mass is 32.2. The maximum Gasteiger partial charge on any atom is 0.496 e. The number of nitrogens with one attached hydrogen (secondary N) is 1. The molecule has 104 valence electrons. The topological polar surface area (TPSA) is 80.7 Å². The molecular formula is C11H17BN2O4S. The van der Waals surface area contributed by atoms with Gasteiger partial charge in [-0.3, -0.25) is 9.54 Å².